The number of amides is 3. The van der Waals surface area contributed by atoms with E-state index in [1.807, 2.05) is 31.2 Å². The SMILES string of the molecule is C[C@@H](Cc1ccccc1Cl)NC(=O)c1ccc2c(c1)C(=O)N(C)C2=O. The van der Waals surface area contributed by atoms with Gasteiger partial charge in [0.2, 0.25) is 0 Å². The summed E-state index contributed by atoms with van der Waals surface area (Å²) in [5.74, 6) is -1.03. The van der Waals surface area contributed by atoms with Gasteiger partial charge in [0.1, 0.15) is 0 Å². The zero-order valence-electron chi connectivity index (χ0n) is 13.9. The van der Waals surface area contributed by atoms with E-state index in [2.05, 4.69) is 5.32 Å². The summed E-state index contributed by atoms with van der Waals surface area (Å²) in [6, 6.07) is 11.9. The van der Waals surface area contributed by atoms with Crippen molar-refractivity contribution in [2.24, 2.45) is 0 Å². The van der Waals surface area contributed by atoms with E-state index in [9.17, 15) is 14.4 Å². The molecule has 0 saturated heterocycles. The Bertz CT molecular complexity index is 879. The van der Waals surface area contributed by atoms with Gasteiger partial charge in [0.15, 0.2) is 0 Å². The van der Waals surface area contributed by atoms with E-state index in [1.165, 1.54) is 19.2 Å². The monoisotopic (exact) mass is 356 g/mol. The van der Waals surface area contributed by atoms with Crippen LogP contribution in [0.1, 0.15) is 43.6 Å². The lowest BCUT2D eigenvalue weighted by atomic mass is 10.0. The zero-order valence-corrected chi connectivity index (χ0v) is 14.6. The minimum absolute atomic E-state index is 0.138. The molecule has 1 atom stereocenters. The second kappa shape index (κ2) is 6.69. The van der Waals surface area contributed by atoms with Crippen LogP contribution in [0.2, 0.25) is 5.02 Å². The summed E-state index contributed by atoms with van der Waals surface area (Å²) in [6.45, 7) is 1.89. The van der Waals surface area contributed by atoms with Crippen LogP contribution >= 0.6 is 11.6 Å². The summed E-state index contributed by atoms with van der Waals surface area (Å²) in [4.78, 5) is 37.4. The number of nitrogens with one attached hydrogen (secondary N) is 1. The molecule has 2 aromatic rings. The van der Waals surface area contributed by atoms with E-state index in [4.69, 9.17) is 11.6 Å². The van der Waals surface area contributed by atoms with Crippen LogP contribution < -0.4 is 5.32 Å². The number of hydrogen-bond acceptors (Lipinski definition) is 3. The standard InChI is InChI=1S/C19H17ClN2O3/c1-11(9-12-5-3-4-6-16(12)20)21-17(23)13-7-8-14-15(10-13)19(25)22(2)18(14)24/h3-8,10-11H,9H2,1-2H3,(H,21,23)/t11-/m0/s1. The average Bonchev–Trinajstić information content (AvgIpc) is 2.81. The Labute approximate surface area is 150 Å². The molecule has 0 spiro atoms. The molecule has 1 heterocycles. The zero-order chi connectivity index (χ0) is 18.1. The Morgan fingerprint density at radius 3 is 2.52 bits per heavy atom. The van der Waals surface area contributed by atoms with Crippen molar-refractivity contribution < 1.29 is 14.4 Å². The van der Waals surface area contributed by atoms with Crippen molar-refractivity contribution in [1.82, 2.24) is 10.2 Å². The Balaban J connectivity index is 1.73. The van der Waals surface area contributed by atoms with Gasteiger partial charge in [-0.25, -0.2) is 0 Å². The first-order chi connectivity index (χ1) is 11.9. The Morgan fingerprint density at radius 2 is 1.80 bits per heavy atom. The van der Waals surface area contributed by atoms with Crippen LogP contribution in [0, 0.1) is 0 Å². The number of halogens is 1. The molecule has 0 fully saturated rings. The molecule has 0 aliphatic carbocycles. The van der Waals surface area contributed by atoms with Crippen molar-refractivity contribution in [3.63, 3.8) is 0 Å². The van der Waals surface area contributed by atoms with E-state index in [0.717, 1.165) is 10.5 Å². The van der Waals surface area contributed by atoms with Gasteiger partial charge in [-0.05, 0) is 43.2 Å². The largest absolute Gasteiger partial charge is 0.349 e. The van der Waals surface area contributed by atoms with Gasteiger partial charge >= 0.3 is 0 Å². The Morgan fingerprint density at radius 1 is 1.12 bits per heavy atom. The quantitative estimate of drug-likeness (QED) is 0.856. The lowest BCUT2D eigenvalue weighted by Crippen LogP contribution is -2.34. The maximum atomic E-state index is 12.4. The molecule has 25 heavy (non-hydrogen) atoms. The summed E-state index contributed by atoms with van der Waals surface area (Å²) in [5.41, 5.74) is 1.89. The fraction of sp³-hybridized carbons (Fsp3) is 0.211. The van der Waals surface area contributed by atoms with Gasteiger partial charge in [0.25, 0.3) is 17.7 Å². The van der Waals surface area contributed by atoms with Gasteiger partial charge in [0, 0.05) is 23.7 Å². The summed E-state index contributed by atoms with van der Waals surface area (Å²) < 4.78 is 0. The van der Waals surface area contributed by atoms with Gasteiger partial charge in [-0.3, -0.25) is 19.3 Å². The number of imide groups is 1. The van der Waals surface area contributed by atoms with E-state index in [0.29, 0.717) is 22.6 Å². The Hall–Kier alpha value is -2.66. The smallest absolute Gasteiger partial charge is 0.261 e. The third-order valence-corrected chi connectivity index (χ3v) is 4.58. The molecule has 3 amide bonds. The number of nitrogens with zero attached hydrogens (tertiary/aromatic N) is 1. The van der Waals surface area contributed by atoms with Crippen molar-refractivity contribution in [3.05, 3.63) is 69.7 Å². The van der Waals surface area contributed by atoms with E-state index < -0.39 is 5.91 Å². The summed E-state index contributed by atoms with van der Waals surface area (Å²) in [5, 5.41) is 3.55. The first kappa shape index (κ1) is 17.2. The molecule has 1 N–H and O–H groups in total. The van der Waals surface area contributed by atoms with Gasteiger partial charge in [0.05, 0.1) is 11.1 Å². The average molecular weight is 357 g/mol. The van der Waals surface area contributed by atoms with Crippen molar-refractivity contribution in [2.75, 3.05) is 7.05 Å². The minimum atomic E-state index is -0.390. The predicted molar refractivity (Wildman–Crippen MR) is 95.0 cm³/mol. The molecule has 1 aliphatic rings. The van der Waals surface area contributed by atoms with E-state index in [-0.39, 0.29) is 23.4 Å². The summed E-state index contributed by atoms with van der Waals surface area (Å²) in [7, 11) is 1.43. The number of rotatable bonds is 4. The highest BCUT2D eigenvalue weighted by atomic mass is 35.5. The Kier molecular flexibility index (Phi) is 4.59. The van der Waals surface area contributed by atoms with Crippen LogP contribution in [0.4, 0.5) is 0 Å². The summed E-state index contributed by atoms with van der Waals surface area (Å²) in [6.07, 6.45) is 0.594. The third-order valence-electron chi connectivity index (χ3n) is 4.21. The van der Waals surface area contributed by atoms with E-state index >= 15 is 0 Å². The van der Waals surface area contributed by atoms with Crippen LogP contribution in [0.25, 0.3) is 0 Å². The second-order valence-corrected chi connectivity index (χ2v) is 6.51. The summed E-state index contributed by atoms with van der Waals surface area (Å²) >= 11 is 6.14. The van der Waals surface area contributed by atoms with Crippen LogP contribution in [-0.2, 0) is 6.42 Å². The van der Waals surface area contributed by atoms with Gasteiger partial charge in [-0.1, -0.05) is 29.8 Å². The molecule has 0 radical (unpaired) electrons. The topological polar surface area (TPSA) is 66.5 Å². The molecule has 1 aliphatic heterocycles. The van der Waals surface area contributed by atoms with Gasteiger partial charge in [-0.2, -0.15) is 0 Å². The number of benzene rings is 2. The molecule has 2 aromatic carbocycles. The fourth-order valence-electron chi connectivity index (χ4n) is 2.85. The molecule has 5 nitrogen and oxygen atoms in total. The second-order valence-electron chi connectivity index (χ2n) is 6.10. The highest BCUT2D eigenvalue weighted by Crippen LogP contribution is 2.23. The highest BCUT2D eigenvalue weighted by molar-refractivity contribution is 6.31. The molecule has 0 aromatic heterocycles. The molecule has 3 rings (SSSR count). The van der Waals surface area contributed by atoms with Crippen molar-refractivity contribution >= 4 is 29.3 Å². The fourth-order valence-corrected chi connectivity index (χ4v) is 3.07. The number of carbonyl (C=O) groups excluding carboxylic acids is 3. The van der Waals surface area contributed by atoms with Crippen molar-refractivity contribution in [3.8, 4) is 0 Å². The van der Waals surface area contributed by atoms with Crippen LogP contribution in [-0.4, -0.2) is 35.7 Å². The number of fused-ring (bicyclic) bond motifs is 1. The highest BCUT2D eigenvalue weighted by Gasteiger charge is 2.33. The first-order valence-electron chi connectivity index (χ1n) is 7.89. The maximum Gasteiger partial charge on any atom is 0.261 e. The maximum absolute atomic E-state index is 12.4. The van der Waals surface area contributed by atoms with Crippen molar-refractivity contribution in [1.29, 1.82) is 0 Å². The minimum Gasteiger partial charge on any atom is -0.349 e. The van der Waals surface area contributed by atoms with Crippen molar-refractivity contribution in [2.45, 2.75) is 19.4 Å². The van der Waals surface area contributed by atoms with Crippen LogP contribution in [0.5, 0.6) is 0 Å². The van der Waals surface area contributed by atoms with Crippen LogP contribution in [0.15, 0.2) is 42.5 Å². The van der Waals surface area contributed by atoms with E-state index in [1.54, 1.807) is 6.07 Å². The molecule has 0 saturated carbocycles. The molecular formula is C19H17ClN2O3. The van der Waals surface area contributed by atoms with Crippen LogP contribution in [0.3, 0.4) is 0 Å². The lowest BCUT2D eigenvalue weighted by molar-refractivity contribution is 0.0693. The molecular weight excluding hydrogens is 340 g/mol. The third kappa shape index (κ3) is 3.28. The van der Waals surface area contributed by atoms with Gasteiger partial charge < -0.3 is 5.32 Å². The number of carbonyl (C=O) groups is 3. The molecule has 0 unspecified atom stereocenters. The number of hydrogen-bond donors (Lipinski definition) is 1. The molecule has 128 valence electrons. The van der Waals surface area contributed by atoms with Gasteiger partial charge in [-0.15, -0.1) is 0 Å². The predicted octanol–water partition coefficient (Wildman–Crippen LogP) is 2.93. The lowest BCUT2D eigenvalue weighted by Gasteiger charge is -2.15. The molecule has 6 heteroatoms. The normalized spacial score (nSPS) is 14.4. The first-order valence-corrected chi connectivity index (χ1v) is 8.27. The molecule has 0 bridgehead atoms.